The van der Waals surface area contributed by atoms with Crippen molar-refractivity contribution in [1.29, 1.82) is 0 Å². The van der Waals surface area contributed by atoms with E-state index in [9.17, 15) is 4.79 Å². The molecule has 1 N–H and O–H groups in total. The maximum Gasteiger partial charge on any atom is 0.240 e. The van der Waals surface area contributed by atoms with Gasteiger partial charge in [0.05, 0.1) is 16.8 Å². The van der Waals surface area contributed by atoms with Gasteiger partial charge in [-0.25, -0.2) is 4.98 Å². The molecule has 0 unspecified atom stereocenters. The summed E-state index contributed by atoms with van der Waals surface area (Å²) < 4.78 is 12.9. The molecule has 7 heteroatoms. The molecule has 6 nitrogen and oxygen atoms in total. The van der Waals surface area contributed by atoms with E-state index in [1.54, 1.807) is 11.8 Å². The van der Waals surface area contributed by atoms with Crippen LogP contribution in [0.3, 0.4) is 0 Å². The van der Waals surface area contributed by atoms with Crippen LogP contribution in [0.4, 0.5) is 0 Å². The smallest absolute Gasteiger partial charge is 0.240 e. The Labute approximate surface area is 174 Å². The van der Waals surface area contributed by atoms with Crippen LogP contribution in [0.15, 0.2) is 42.5 Å². The Morgan fingerprint density at radius 3 is 2.83 bits per heavy atom. The van der Waals surface area contributed by atoms with E-state index in [1.165, 1.54) is 0 Å². The van der Waals surface area contributed by atoms with Crippen LogP contribution in [0.25, 0.3) is 11.0 Å². The molecule has 1 aliphatic heterocycles. The molecule has 2 aromatic carbocycles. The maximum atomic E-state index is 12.8. The Morgan fingerprint density at radius 2 is 2.00 bits per heavy atom. The summed E-state index contributed by atoms with van der Waals surface area (Å²) in [4.78, 5) is 17.4. The van der Waals surface area contributed by atoms with Gasteiger partial charge >= 0.3 is 0 Å². The zero-order chi connectivity index (χ0) is 20.4. The number of aromatic nitrogens is 2. The number of rotatable bonds is 7. The van der Waals surface area contributed by atoms with Gasteiger partial charge < -0.3 is 19.4 Å². The molecular formula is C22H25N3O3S. The van der Waals surface area contributed by atoms with Gasteiger partial charge in [0.1, 0.15) is 12.4 Å². The Morgan fingerprint density at radius 1 is 1.21 bits per heavy atom. The summed E-state index contributed by atoms with van der Waals surface area (Å²) in [7, 11) is 0. The van der Waals surface area contributed by atoms with Gasteiger partial charge in [-0.15, -0.1) is 0 Å². The van der Waals surface area contributed by atoms with E-state index in [4.69, 9.17) is 9.47 Å². The zero-order valence-electron chi connectivity index (χ0n) is 16.9. The average molecular weight is 412 g/mol. The van der Waals surface area contributed by atoms with Crippen molar-refractivity contribution in [2.75, 3.05) is 19.6 Å². The average Bonchev–Trinajstić information content (AvgIpc) is 3.31. The van der Waals surface area contributed by atoms with Crippen molar-refractivity contribution in [3.63, 3.8) is 0 Å². The molecule has 1 amide bonds. The topological polar surface area (TPSA) is 65.4 Å². The van der Waals surface area contributed by atoms with Gasteiger partial charge in [-0.1, -0.05) is 32.0 Å². The lowest BCUT2D eigenvalue weighted by molar-refractivity contribution is -0.121. The van der Waals surface area contributed by atoms with Crippen molar-refractivity contribution in [3.05, 3.63) is 53.9 Å². The minimum Gasteiger partial charge on any atom is -0.454 e. The number of hydrogen-bond acceptors (Lipinski definition) is 5. The fourth-order valence-corrected chi connectivity index (χ4v) is 3.96. The quantitative estimate of drug-likeness (QED) is 0.642. The van der Waals surface area contributed by atoms with Crippen molar-refractivity contribution in [2.24, 2.45) is 0 Å². The number of thioether (sulfide) groups is 1. The highest BCUT2D eigenvalue weighted by atomic mass is 32.2. The fourth-order valence-electron chi connectivity index (χ4n) is 3.48. The van der Waals surface area contributed by atoms with Gasteiger partial charge in [0.25, 0.3) is 0 Å². The summed E-state index contributed by atoms with van der Waals surface area (Å²) in [5, 5.41) is 3.10. The summed E-state index contributed by atoms with van der Waals surface area (Å²) in [5.74, 6) is 3.19. The first-order valence-corrected chi connectivity index (χ1v) is 11.0. The number of imidazole rings is 1. The number of nitrogens with zero attached hydrogens (tertiary/aromatic N) is 2. The summed E-state index contributed by atoms with van der Waals surface area (Å²) >= 11 is 1.70. The molecule has 1 aliphatic rings. The van der Waals surface area contributed by atoms with Crippen molar-refractivity contribution in [2.45, 2.75) is 31.6 Å². The first-order valence-electron chi connectivity index (χ1n) is 9.58. The van der Waals surface area contributed by atoms with Crippen molar-refractivity contribution >= 4 is 28.7 Å². The Hall–Kier alpha value is -2.67. The van der Waals surface area contributed by atoms with Gasteiger partial charge in [0.2, 0.25) is 12.7 Å². The van der Waals surface area contributed by atoms with Gasteiger partial charge in [0.15, 0.2) is 11.5 Å². The number of benzene rings is 2. The normalized spacial score (nSPS) is 13.1. The molecule has 0 atom stereocenters. The van der Waals surface area contributed by atoms with Gasteiger partial charge in [0, 0.05) is 12.0 Å². The molecule has 0 fully saturated rings. The van der Waals surface area contributed by atoms with E-state index in [0.717, 1.165) is 39.7 Å². The molecule has 0 radical (unpaired) electrons. The summed E-state index contributed by atoms with van der Waals surface area (Å²) in [5.41, 5.74) is 2.76. The minimum absolute atomic E-state index is 0.0238. The molecule has 0 aliphatic carbocycles. The lowest BCUT2D eigenvalue weighted by Crippen LogP contribution is -2.38. The van der Waals surface area contributed by atoms with Crippen LogP contribution in [0.5, 0.6) is 11.5 Å². The largest absolute Gasteiger partial charge is 0.454 e. The van der Waals surface area contributed by atoms with Crippen molar-refractivity contribution < 1.29 is 14.3 Å². The molecule has 2 heterocycles. The molecule has 0 saturated carbocycles. The van der Waals surface area contributed by atoms with Crippen LogP contribution in [0.1, 0.15) is 25.2 Å². The predicted octanol–water partition coefficient (Wildman–Crippen LogP) is 3.72. The van der Waals surface area contributed by atoms with E-state index in [0.29, 0.717) is 6.54 Å². The number of hydrogen-bond donors (Lipinski definition) is 1. The lowest BCUT2D eigenvalue weighted by Gasteiger charge is -2.26. The van der Waals surface area contributed by atoms with Crippen LogP contribution >= 0.6 is 11.8 Å². The number of carbonyl (C=O) groups is 1. The standard InChI is InChI=1S/C22H25N3O3S/c1-22(2,15-8-9-18-19(10-15)28-14-27-18)13-23-21(26)11-25-17-7-5-4-6-16(17)24-20(25)12-29-3/h4-10H,11-14H2,1-3H3,(H,23,26). The lowest BCUT2D eigenvalue weighted by atomic mass is 9.84. The number of carbonyl (C=O) groups excluding carboxylic acids is 1. The van der Waals surface area contributed by atoms with Crippen molar-refractivity contribution in [3.8, 4) is 11.5 Å². The Kier molecular flexibility index (Phi) is 5.41. The third kappa shape index (κ3) is 4.05. The monoisotopic (exact) mass is 411 g/mol. The van der Waals surface area contributed by atoms with E-state index in [1.807, 2.05) is 53.3 Å². The third-order valence-corrected chi connectivity index (χ3v) is 5.74. The Bertz CT molecular complexity index is 1040. The van der Waals surface area contributed by atoms with Gasteiger partial charge in [-0.2, -0.15) is 11.8 Å². The number of nitrogens with one attached hydrogen (secondary N) is 1. The maximum absolute atomic E-state index is 12.8. The molecule has 0 spiro atoms. The van der Waals surface area contributed by atoms with Gasteiger partial charge in [-0.3, -0.25) is 4.79 Å². The van der Waals surface area contributed by atoms with Crippen molar-refractivity contribution in [1.82, 2.24) is 14.9 Å². The van der Waals surface area contributed by atoms with Crippen LogP contribution < -0.4 is 14.8 Å². The molecule has 3 aromatic rings. The van der Waals surface area contributed by atoms with Crippen LogP contribution in [-0.2, 0) is 22.5 Å². The molecule has 29 heavy (non-hydrogen) atoms. The van der Waals surface area contributed by atoms with E-state index in [-0.39, 0.29) is 24.7 Å². The molecule has 4 rings (SSSR count). The van der Waals surface area contributed by atoms with Gasteiger partial charge in [-0.05, 0) is 36.1 Å². The summed E-state index contributed by atoms with van der Waals surface area (Å²) in [6.07, 6.45) is 2.04. The second kappa shape index (κ2) is 7.99. The first-order chi connectivity index (χ1) is 14.0. The number of fused-ring (bicyclic) bond motifs is 2. The number of para-hydroxylation sites is 2. The fraction of sp³-hybridized carbons (Fsp3) is 0.364. The SMILES string of the molecule is CSCc1nc2ccccc2n1CC(=O)NCC(C)(C)c1ccc2c(c1)OCO2. The summed E-state index contributed by atoms with van der Waals surface area (Å²) in [6, 6.07) is 13.9. The second-order valence-electron chi connectivity index (χ2n) is 7.76. The van der Waals surface area contributed by atoms with E-state index >= 15 is 0 Å². The summed E-state index contributed by atoms with van der Waals surface area (Å²) in [6.45, 7) is 5.25. The van der Waals surface area contributed by atoms with E-state index < -0.39 is 0 Å². The molecule has 0 bridgehead atoms. The highest BCUT2D eigenvalue weighted by Gasteiger charge is 2.25. The predicted molar refractivity (Wildman–Crippen MR) is 116 cm³/mol. The first kappa shape index (κ1) is 19.6. The highest BCUT2D eigenvalue weighted by Crippen LogP contribution is 2.36. The zero-order valence-corrected chi connectivity index (χ0v) is 17.7. The molecular weight excluding hydrogens is 386 g/mol. The van der Waals surface area contributed by atoms with E-state index in [2.05, 4.69) is 24.1 Å². The molecule has 0 saturated heterocycles. The Balaban J connectivity index is 1.46. The van der Waals surface area contributed by atoms with Crippen LogP contribution in [0.2, 0.25) is 0 Å². The molecule has 152 valence electrons. The minimum atomic E-state index is -0.240. The van der Waals surface area contributed by atoms with Crippen LogP contribution in [0, 0.1) is 0 Å². The second-order valence-corrected chi connectivity index (χ2v) is 8.63. The third-order valence-electron chi connectivity index (χ3n) is 5.19. The highest BCUT2D eigenvalue weighted by molar-refractivity contribution is 7.97. The van der Waals surface area contributed by atoms with Crippen LogP contribution in [-0.4, -0.2) is 35.1 Å². The molecule has 1 aromatic heterocycles. The number of amides is 1. The number of ether oxygens (including phenoxy) is 2.